The maximum atomic E-state index is 12.6. The summed E-state index contributed by atoms with van der Waals surface area (Å²) < 4.78 is 0. The van der Waals surface area contributed by atoms with E-state index in [0.29, 0.717) is 11.6 Å². The van der Waals surface area contributed by atoms with E-state index in [1.807, 2.05) is 68.4 Å². The van der Waals surface area contributed by atoms with Crippen molar-refractivity contribution in [2.45, 2.75) is 20.8 Å². The van der Waals surface area contributed by atoms with Crippen molar-refractivity contribution < 1.29 is 4.79 Å². The summed E-state index contributed by atoms with van der Waals surface area (Å²) in [4.78, 5) is 23.4. The molecule has 3 aromatic rings. The van der Waals surface area contributed by atoms with Crippen molar-refractivity contribution in [3.63, 3.8) is 0 Å². The fourth-order valence-electron chi connectivity index (χ4n) is 2.73. The highest BCUT2D eigenvalue weighted by Gasteiger charge is 2.12. The topological polar surface area (TPSA) is 70.2 Å². The molecular formula is C22H25N5O. The van der Waals surface area contributed by atoms with Gasteiger partial charge in [-0.2, -0.15) is 0 Å². The van der Waals surface area contributed by atoms with Crippen LogP contribution in [0.5, 0.6) is 0 Å². The van der Waals surface area contributed by atoms with E-state index in [1.54, 1.807) is 6.07 Å². The molecule has 6 heteroatoms. The number of aromatic nitrogens is 2. The zero-order valence-electron chi connectivity index (χ0n) is 16.9. The lowest BCUT2D eigenvalue weighted by Gasteiger charge is -2.13. The molecule has 144 valence electrons. The van der Waals surface area contributed by atoms with Crippen molar-refractivity contribution in [2.75, 3.05) is 29.6 Å². The Labute approximate surface area is 165 Å². The molecule has 0 bridgehead atoms. The van der Waals surface area contributed by atoms with Crippen LogP contribution in [-0.2, 0) is 0 Å². The smallest absolute Gasteiger partial charge is 0.274 e. The third-order valence-electron chi connectivity index (χ3n) is 4.49. The van der Waals surface area contributed by atoms with Crippen LogP contribution in [0.1, 0.15) is 27.3 Å². The monoisotopic (exact) mass is 375 g/mol. The van der Waals surface area contributed by atoms with Crippen LogP contribution in [0, 0.1) is 20.8 Å². The lowest BCUT2D eigenvalue weighted by Crippen LogP contribution is -2.16. The normalized spacial score (nSPS) is 10.5. The van der Waals surface area contributed by atoms with Gasteiger partial charge in [-0.15, -0.1) is 0 Å². The van der Waals surface area contributed by atoms with Gasteiger partial charge in [0.05, 0.1) is 0 Å². The van der Waals surface area contributed by atoms with Gasteiger partial charge < -0.3 is 15.5 Å². The van der Waals surface area contributed by atoms with E-state index in [9.17, 15) is 4.79 Å². The SMILES string of the molecule is Cc1cc(C(=O)Nc2ccc(N(C)C)cc2)nc(Nc2ccc(C)c(C)c2)n1. The van der Waals surface area contributed by atoms with Gasteiger partial charge in [-0.25, -0.2) is 9.97 Å². The van der Waals surface area contributed by atoms with Crippen molar-refractivity contribution in [2.24, 2.45) is 0 Å². The molecule has 2 aromatic carbocycles. The van der Waals surface area contributed by atoms with Crippen LogP contribution in [0.2, 0.25) is 0 Å². The van der Waals surface area contributed by atoms with Crippen LogP contribution in [0.25, 0.3) is 0 Å². The second-order valence-electron chi connectivity index (χ2n) is 7.04. The van der Waals surface area contributed by atoms with Gasteiger partial charge in [-0.1, -0.05) is 6.07 Å². The number of nitrogens with zero attached hydrogens (tertiary/aromatic N) is 3. The minimum absolute atomic E-state index is 0.272. The van der Waals surface area contributed by atoms with Gasteiger partial charge in [-0.3, -0.25) is 4.79 Å². The number of hydrogen-bond donors (Lipinski definition) is 2. The molecule has 0 radical (unpaired) electrons. The largest absolute Gasteiger partial charge is 0.378 e. The number of carbonyl (C=O) groups excluding carboxylic acids is 1. The molecule has 0 saturated carbocycles. The zero-order valence-corrected chi connectivity index (χ0v) is 16.9. The average Bonchev–Trinajstić information content (AvgIpc) is 2.64. The molecule has 3 rings (SSSR count). The molecule has 0 aliphatic rings. The van der Waals surface area contributed by atoms with E-state index in [1.165, 1.54) is 11.1 Å². The second-order valence-corrected chi connectivity index (χ2v) is 7.04. The van der Waals surface area contributed by atoms with Crippen LogP contribution in [0.3, 0.4) is 0 Å². The standard InChI is InChI=1S/C22H25N5O/c1-14-6-7-18(12-15(14)2)25-22-23-16(3)13-20(26-22)21(28)24-17-8-10-19(11-9-17)27(4)5/h6-13H,1-5H3,(H,24,28)(H,23,25,26). The van der Waals surface area contributed by atoms with Gasteiger partial charge in [0, 0.05) is 36.9 Å². The minimum Gasteiger partial charge on any atom is -0.378 e. The Bertz CT molecular complexity index is 996. The Kier molecular flexibility index (Phi) is 5.59. The third-order valence-corrected chi connectivity index (χ3v) is 4.49. The first-order valence-electron chi connectivity index (χ1n) is 9.10. The molecular weight excluding hydrogens is 350 g/mol. The molecule has 1 aromatic heterocycles. The fraction of sp³-hybridized carbons (Fsp3) is 0.227. The van der Waals surface area contributed by atoms with E-state index in [0.717, 1.165) is 22.8 Å². The number of aryl methyl sites for hydroxylation is 3. The predicted octanol–water partition coefficient (Wildman–Crippen LogP) is 4.46. The molecule has 6 nitrogen and oxygen atoms in total. The molecule has 0 fully saturated rings. The highest BCUT2D eigenvalue weighted by atomic mass is 16.1. The third kappa shape index (κ3) is 4.65. The molecule has 2 N–H and O–H groups in total. The Morgan fingerprint density at radius 1 is 0.857 bits per heavy atom. The van der Waals surface area contributed by atoms with Crippen molar-refractivity contribution in [1.82, 2.24) is 9.97 Å². The lowest BCUT2D eigenvalue weighted by atomic mass is 10.1. The van der Waals surface area contributed by atoms with Gasteiger partial charge in [0.2, 0.25) is 5.95 Å². The zero-order chi connectivity index (χ0) is 20.3. The summed E-state index contributed by atoms with van der Waals surface area (Å²) >= 11 is 0. The van der Waals surface area contributed by atoms with Crippen LogP contribution >= 0.6 is 0 Å². The predicted molar refractivity (Wildman–Crippen MR) is 115 cm³/mol. The second kappa shape index (κ2) is 8.08. The summed E-state index contributed by atoms with van der Waals surface area (Å²) in [7, 11) is 3.95. The van der Waals surface area contributed by atoms with Gasteiger partial charge >= 0.3 is 0 Å². The van der Waals surface area contributed by atoms with Crippen LogP contribution < -0.4 is 15.5 Å². The molecule has 0 aliphatic heterocycles. The number of anilines is 4. The molecule has 0 atom stereocenters. The maximum Gasteiger partial charge on any atom is 0.274 e. The minimum atomic E-state index is -0.272. The van der Waals surface area contributed by atoms with E-state index >= 15 is 0 Å². The number of amides is 1. The van der Waals surface area contributed by atoms with Crippen LogP contribution in [0.4, 0.5) is 23.0 Å². The Balaban J connectivity index is 1.78. The van der Waals surface area contributed by atoms with E-state index in [2.05, 4.69) is 34.4 Å². The molecule has 0 aliphatic carbocycles. The number of carbonyl (C=O) groups is 1. The van der Waals surface area contributed by atoms with Crippen LogP contribution in [-0.4, -0.2) is 30.0 Å². The first-order chi connectivity index (χ1) is 13.3. The summed E-state index contributed by atoms with van der Waals surface area (Å²) in [6, 6.07) is 15.4. The molecule has 28 heavy (non-hydrogen) atoms. The molecule has 0 unspecified atom stereocenters. The molecule has 1 amide bonds. The first kappa shape index (κ1) is 19.4. The van der Waals surface area contributed by atoms with Crippen molar-refractivity contribution >= 4 is 28.9 Å². The van der Waals surface area contributed by atoms with E-state index < -0.39 is 0 Å². The van der Waals surface area contributed by atoms with E-state index in [4.69, 9.17) is 0 Å². The summed E-state index contributed by atoms with van der Waals surface area (Å²) in [5, 5.41) is 6.07. The van der Waals surface area contributed by atoms with Gasteiger partial charge in [-0.05, 0) is 74.4 Å². The van der Waals surface area contributed by atoms with Crippen molar-refractivity contribution in [3.05, 3.63) is 71.0 Å². The highest BCUT2D eigenvalue weighted by molar-refractivity contribution is 6.03. The maximum absolute atomic E-state index is 12.6. The lowest BCUT2D eigenvalue weighted by molar-refractivity contribution is 0.102. The summed E-state index contributed by atoms with van der Waals surface area (Å²) in [6.07, 6.45) is 0. The van der Waals surface area contributed by atoms with Gasteiger partial charge in [0.15, 0.2) is 0 Å². The van der Waals surface area contributed by atoms with Crippen LogP contribution in [0.15, 0.2) is 48.5 Å². The summed E-state index contributed by atoms with van der Waals surface area (Å²) in [6.45, 7) is 5.96. The Hall–Kier alpha value is -3.41. The average molecular weight is 375 g/mol. The number of nitrogens with one attached hydrogen (secondary N) is 2. The number of benzene rings is 2. The Morgan fingerprint density at radius 2 is 1.54 bits per heavy atom. The van der Waals surface area contributed by atoms with Crippen molar-refractivity contribution in [3.8, 4) is 0 Å². The van der Waals surface area contributed by atoms with Crippen molar-refractivity contribution in [1.29, 1.82) is 0 Å². The first-order valence-corrected chi connectivity index (χ1v) is 9.10. The van der Waals surface area contributed by atoms with E-state index in [-0.39, 0.29) is 5.91 Å². The van der Waals surface area contributed by atoms with Gasteiger partial charge in [0.25, 0.3) is 5.91 Å². The molecule has 0 spiro atoms. The van der Waals surface area contributed by atoms with Gasteiger partial charge in [0.1, 0.15) is 5.69 Å². The fourth-order valence-corrected chi connectivity index (χ4v) is 2.73. The summed E-state index contributed by atoms with van der Waals surface area (Å²) in [5.74, 6) is 0.127. The highest BCUT2D eigenvalue weighted by Crippen LogP contribution is 2.19. The summed E-state index contributed by atoms with van der Waals surface area (Å²) in [5.41, 5.74) is 6.10. The number of hydrogen-bond acceptors (Lipinski definition) is 5. The number of rotatable bonds is 5. The quantitative estimate of drug-likeness (QED) is 0.689. The molecule has 1 heterocycles. The Morgan fingerprint density at radius 3 is 2.18 bits per heavy atom. The molecule has 0 saturated heterocycles.